The van der Waals surface area contributed by atoms with Crippen LogP contribution >= 0.6 is 0 Å². The minimum atomic E-state index is 0.926. The lowest BCUT2D eigenvalue weighted by atomic mass is 9.90. The molecule has 0 amide bonds. The van der Waals surface area contributed by atoms with Crippen molar-refractivity contribution in [2.45, 2.75) is 40.5 Å². The molecule has 1 aliphatic rings. The molecule has 1 nitrogen and oxygen atoms in total. The van der Waals surface area contributed by atoms with Gasteiger partial charge in [0.05, 0.1) is 0 Å². The normalized spacial score (nSPS) is 13.8. The Bertz CT molecular complexity index is 703. The van der Waals surface area contributed by atoms with Gasteiger partial charge in [-0.05, 0) is 68.0 Å². The van der Waals surface area contributed by atoms with Gasteiger partial charge in [0.15, 0.2) is 0 Å². The maximum atomic E-state index is 4.81. The number of hydrogen-bond donors (Lipinski definition) is 0. The Kier molecular flexibility index (Phi) is 3.67. The molecule has 0 aliphatic carbocycles. The van der Waals surface area contributed by atoms with Gasteiger partial charge < -0.3 is 0 Å². The third-order valence-corrected chi connectivity index (χ3v) is 4.37. The average molecular weight is 277 g/mol. The van der Waals surface area contributed by atoms with Gasteiger partial charge in [0.25, 0.3) is 0 Å². The lowest BCUT2D eigenvalue weighted by Crippen LogP contribution is -2.16. The van der Waals surface area contributed by atoms with Crippen molar-refractivity contribution in [2.75, 3.05) is 6.54 Å². The van der Waals surface area contributed by atoms with Crippen molar-refractivity contribution in [1.82, 2.24) is 0 Å². The molecule has 0 spiro atoms. The molecule has 108 valence electrons. The molecular weight excluding hydrogens is 254 g/mol. The summed E-state index contributed by atoms with van der Waals surface area (Å²) in [5.41, 5.74) is 10.9. The maximum absolute atomic E-state index is 4.81. The quantitative estimate of drug-likeness (QED) is 0.766. The first-order chi connectivity index (χ1) is 10.0. The zero-order chi connectivity index (χ0) is 15.0. The summed E-state index contributed by atoms with van der Waals surface area (Å²) >= 11 is 0. The highest BCUT2D eigenvalue weighted by Crippen LogP contribution is 2.23. The van der Waals surface area contributed by atoms with Crippen LogP contribution in [0.15, 0.2) is 35.3 Å². The molecule has 0 aromatic heterocycles. The van der Waals surface area contributed by atoms with Gasteiger partial charge in [-0.2, -0.15) is 0 Å². The van der Waals surface area contributed by atoms with Gasteiger partial charge in [-0.25, -0.2) is 0 Å². The topological polar surface area (TPSA) is 12.4 Å². The highest BCUT2D eigenvalue weighted by Gasteiger charge is 2.16. The number of nitrogens with zero attached hydrogens (tertiary/aromatic N) is 1. The summed E-state index contributed by atoms with van der Waals surface area (Å²) in [4.78, 5) is 4.81. The van der Waals surface area contributed by atoms with Crippen molar-refractivity contribution < 1.29 is 0 Å². The number of aliphatic imine (C=N–C) groups is 1. The second kappa shape index (κ2) is 5.48. The Hall–Kier alpha value is -1.89. The van der Waals surface area contributed by atoms with Crippen molar-refractivity contribution in [3.63, 3.8) is 0 Å². The summed E-state index contributed by atoms with van der Waals surface area (Å²) in [5, 5.41) is 0. The zero-order valence-electron chi connectivity index (χ0n) is 13.5. The van der Waals surface area contributed by atoms with Crippen LogP contribution in [0, 0.1) is 27.7 Å². The van der Waals surface area contributed by atoms with Crippen LogP contribution in [0.3, 0.4) is 0 Å². The fraction of sp³-hybridized carbons (Fsp3) is 0.350. The molecule has 0 unspecified atom stereocenters. The number of hydrogen-bond acceptors (Lipinski definition) is 1. The molecule has 21 heavy (non-hydrogen) atoms. The number of aryl methyl sites for hydroxylation is 4. The Morgan fingerprint density at radius 1 is 0.857 bits per heavy atom. The summed E-state index contributed by atoms with van der Waals surface area (Å²) in [7, 11) is 0. The number of rotatable bonds is 2. The Morgan fingerprint density at radius 3 is 2.24 bits per heavy atom. The predicted molar refractivity (Wildman–Crippen MR) is 90.6 cm³/mol. The molecule has 1 heteroatoms. The first-order valence-electron chi connectivity index (χ1n) is 7.74. The van der Waals surface area contributed by atoms with Gasteiger partial charge in [-0.1, -0.05) is 35.4 Å². The summed E-state index contributed by atoms with van der Waals surface area (Å²) in [6.45, 7) is 9.65. The summed E-state index contributed by atoms with van der Waals surface area (Å²) < 4.78 is 0. The first-order valence-corrected chi connectivity index (χ1v) is 7.74. The molecule has 2 aromatic carbocycles. The van der Waals surface area contributed by atoms with Gasteiger partial charge >= 0.3 is 0 Å². The minimum Gasteiger partial charge on any atom is -0.288 e. The van der Waals surface area contributed by atoms with Crippen LogP contribution in [0.5, 0.6) is 0 Å². The van der Waals surface area contributed by atoms with Crippen LogP contribution in [-0.4, -0.2) is 12.3 Å². The smallest absolute Gasteiger partial charge is 0.0467 e. The van der Waals surface area contributed by atoms with Crippen molar-refractivity contribution >= 4 is 5.71 Å². The van der Waals surface area contributed by atoms with Crippen molar-refractivity contribution in [2.24, 2.45) is 4.99 Å². The van der Waals surface area contributed by atoms with E-state index in [1.54, 1.807) is 0 Å². The van der Waals surface area contributed by atoms with E-state index in [0.717, 1.165) is 19.4 Å². The molecule has 0 radical (unpaired) electrons. The van der Waals surface area contributed by atoms with E-state index in [2.05, 4.69) is 58.0 Å². The van der Waals surface area contributed by atoms with Gasteiger partial charge in [-0.3, -0.25) is 4.99 Å². The Labute approximate surface area is 127 Å². The van der Waals surface area contributed by atoms with Crippen LogP contribution in [0.25, 0.3) is 0 Å². The fourth-order valence-corrected chi connectivity index (χ4v) is 3.26. The SMILES string of the molecule is Cc1cc(C)cc(CC2=NCCc3cc(C)c(C)cc32)c1. The van der Waals surface area contributed by atoms with Crippen LogP contribution in [-0.2, 0) is 12.8 Å². The third-order valence-electron chi connectivity index (χ3n) is 4.37. The van der Waals surface area contributed by atoms with Crippen molar-refractivity contribution in [3.05, 3.63) is 69.3 Å². The van der Waals surface area contributed by atoms with Crippen LogP contribution in [0.2, 0.25) is 0 Å². The Morgan fingerprint density at radius 2 is 1.52 bits per heavy atom. The second-order valence-corrected chi connectivity index (χ2v) is 6.34. The molecule has 3 rings (SSSR count). The molecule has 1 aliphatic heterocycles. The molecular formula is C20H23N. The highest BCUT2D eigenvalue weighted by molar-refractivity contribution is 6.04. The van der Waals surface area contributed by atoms with Gasteiger partial charge in [0.2, 0.25) is 0 Å². The summed E-state index contributed by atoms with van der Waals surface area (Å²) in [6.07, 6.45) is 2.02. The second-order valence-electron chi connectivity index (χ2n) is 6.34. The van der Waals surface area contributed by atoms with E-state index in [1.165, 1.54) is 44.7 Å². The molecule has 0 fully saturated rings. The number of fused-ring (bicyclic) bond motifs is 1. The maximum Gasteiger partial charge on any atom is 0.0467 e. The van der Waals surface area contributed by atoms with E-state index in [9.17, 15) is 0 Å². The predicted octanol–water partition coefficient (Wildman–Crippen LogP) is 4.51. The van der Waals surface area contributed by atoms with E-state index in [4.69, 9.17) is 4.99 Å². The standard InChI is InChI=1S/C20H23N/c1-13-7-14(2)9-17(8-13)12-20-19-11-16(4)15(3)10-18(19)5-6-21-20/h7-11H,5-6,12H2,1-4H3. The zero-order valence-corrected chi connectivity index (χ0v) is 13.5. The minimum absolute atomic E-state index is 0.926. The first kappa shape index (κ1) is 14.1. The van der Waals surface area contributed by atoms with Gasteiger partial charge in [0.1, 0.15) is 0 Å². The van der Waals surface area contributed by atoms with E-state index >= 15 is 0 Å². The molecule has 1 heterocycles. The van der Waals surface area contributed by atoms with Gasteiger partial charge in [-0.15, -0.1) is 0 Å². The van der Waals surface area contributed by atoms with Crippen LogP contribution in [0.1, 0.15) is 38.9 Å². The fourth-order valence-electron chi connectivity index (χ4n) is 3.26. The van der Waals surface area contributed by atoms with Crippen LogP contribution < -0.4 is 0 Å². The van der Waals surface area contributed by atoms with Crippen LogP contribution in [0.4, 0.5) is 0 Å². The lowest BCUT2D eigenvalue weighted by molar-refractivity contribution is 0.930. The molecule has 0 atom stereocenters. The molecule has 0 saturated carbocycles. The monoisotopic (exact) mass is 277 g/mol. The highest BCUT2D eigenvalue weighted by atomic mass is 14.7. The van der Waals surface area contributed by atoms with Crippen molar-refractivity contribution in [3.8, 4) is 0 Å². The lowest BCUT2D eigenvalue weighted by Gasteiger charge is -2.19. The summed E-state index contributed by atoms with van der Waals surface area (Å²) in [5.74, 6) is 0. The molecule has 0 N–H and O–H groups in total. The Balaban J connectivity index is 1.97. The largest absolute Gasteiger partial charge is 0.288 e. The molecule has 2 aromatic rings. The molecule has 0 bridgehead atoms. The summed E-state index contributed by atoms with van der Waals surface area (Å²) in [6, 6.07) is 11.5. The number of benzene rings is 2. The average Bonchev–Trinajstić information content (AvgIpc) is 2.40. The van der Waals surface area contributed by atoms with E-state index in [0.29, 0.717) is 0 Å². The van der Waals surface area contributed by atoms with E-state index in [-0.39, 0.29) is 0 Å². The van der Waals surface area contributed by atoms with Gasteiger partial charge in [0, 0.05) is 18.7 Å². The molecule has 0 saturated heterocycles. The van der Waals surface area contributed by atoms with E-state index < -0.39 is 0 Å². The third kappa shape index (κ3) is 2.92. The van der Waals surface area contributed by atoms with Crippen molar-refractivity contribution in [1.29, 1.82) is 0 Å². The van der Waals surface area contributed by atoms with E-state index in [1.807, 2.05) is 0 Å².